The minimum absolute atomic E-state index is 0.105. The Morgan fingerprint density at radius 2 is 1.59 bits per heavy atom. The van der Waals surface area contributed by atoms with Crippen molar-refractivity contribution in [2.75, 3.05) is 0 Å². The molecule has 0 bridgehead atoms. The second kappa shape index (κ2) is 11.5. The molecule has 0 aliphatic heterocycles. The number of unbranched alkanes of at least 4 members (excludes halogenated alkanes) is 4. The van der Waals surface area contributed by atoms with Crippen molar-refractivity contribution in [2.24, 2.45) is 11.8 Å². The Labute approximate surface area is 188 Å². The van der Waals surface area contributed by atoms with Crippen molar-refractivity contribution in [3.63, 3.8) is 0 Å². The van der Waals surface area contributed by atoms with Gasteiger partial charge in [-0.1, -0.05) is 82.8 Å². The second-order valence-corrected chi connectivity index (χ2v) is 9.56. The topological polar surface area (TPSA) is 9.23 Å². The predicted octanol–water partition coefficient (Wildman–Crippen LogP) is 8.84. The zero-order chi connectivity index (χ0) is 23.1. The largest absolute Gasteiger partial charge is 0.573 e. The summed E-state index contributed by atoms with van der Waals surface area (Å²) in [5, 5.41) is 0. The number of halogens is 5. The van der Waals surface area contributed by atoms with Gasteiger partial charge < -0.3 is 4.74 Å². The maximum Gasteiger partial charge on any atom is 0.573 e. The number of hydrogen-bond acceptors (Lipinski definition) is 1. The number of fused-ring (bicyclic) bond motifs is 1. The van der Waals surface area contributed by atoms with Gasteiger partial charge in [0.15, 0.2) is 11.6 Å². The third-order valence-electron chi connectivity index (χ3n) is 7.16. The van der Waals surface area contributed by atoms with E-state index in [1.807, 2.05) is 6.08 Å². The molecule has 32 heavy (non-hydrogen) atoms. The first-order valence-electron chi connectivity index (χ1n) is 12.2. The van der Waals surface area contributed by atoms with E-state index in [2.05, 4.69) is 11.7 Å². The second-order valence-electron chi connectivity index (χ2n) is 9.56. The molecule has 0 N–H and O–H groups in total. The van der Waals surface area contributed by atoms with Crippen molar-refractivity contribution in [3.8, 4) is 5.75 Å². The zero-order valence-corrected chi connectivity index (χ0v) is 19.0. The van der Waals surface area contributed by atoms with Crippen molar-refractivity contribution >= 4 is 0 Å². The van der Waals surface area contributed by atoms with Crippen molar-refractivity contribution in [1.29, 1.82) is 0 Å². The number of ether oxygens (including phenoxy) is 1. The summed E-state index contributed by atoms with van der Waals surface area (Å²) in [4.78, 5) is 0. The highest BCUT2D eigenvalue weighted by atomic mass is 19.4. The number of alkyl halides is 3. The molecule has 0 heterocycles. The van der Waals surface area contributed by atoms with E-state index in [0.29, 0.717) is 17.9 Å². The lowest BCUT2D eigenvalue weighted by Crippen LogP contribution is -2.20. The average Bonchev–Trinajstić information content (AvgIpc) is 2.75. The van der Waals surface area contributed by atoms with Crippen LogP contribution in [0.1, 0.15) is 95.1 Å². The molecule has 1 nitrogen and oxygen atoms in total. The van der Waals surface area contributed by atoms with Crippen LogP contribution in [-0.4, -0.2) is 6.36 Å². The van der Waals surface area contributed by atoms with Gasteiger partial charge in [0.2, 0.25) is 5.75 Å². The molecule has 0 spiro atoms. The lowest BCUT2D eigenvalue weighted by molar-refractivity contribution is -0.276. The van der Waals surface area contributed by atoms with Crippen LogP contribution in [0.3, 0.4) is 0 Å². The van der Waals surface area contributed by atoms with E-state index in [0.717, 1.165) is 30.4 Å². The van der Waals surface area contributed by atoms with Crippen LogP contribution in [0, 0.1) is 23.5 Å². The lowest BCUT2D eigenvalue weighted by Gasteiger charge is -2.29. The Morgan fingerprint density at radius 1 is 0.938 bits per heavy atom. The Kier molecular flexibility index (Phi) is 9.01. The van der Waals surface area contributed by atoms with Gasteiger partial charge >= 0.3 is 6.36 Å². The van der Waals surface area contributed by atoms with Gasteiger partial charge in [0, 0.05) is 0 Å². The smallest absolute Gasteiger partial charge is 0.399 e. The first-order valence-corrected chi connectivity index (χ1v) is 12.2. The van der Waals surface area contributed by atoms with Crippen molar-refractivity contribution in [2.45, 2.75) is 103 Å². The summed E-state index contributed by atoms with van der Waals surface area (Å²) in [7, 11) is 0. The summed E-state index contributed by atoms with van der Waals surface area (Å²) in [6, 6.07) is 0.998. The molecule has 180 valence electrons. The van der Waals surface area contributed by atoms with Crippen LogP contribution in [0.4, 0.5) is 22.0 Å². The Balaban J connectivity index is 1.44. The predicted molar refractivity (Wildman–Crippen MR) is 117 cm³/mol. The number of allylic oxidation sites excluding steroid dienone is 2. The number of benzene rings is 1. The molecule has 1 aromatic rings. The van der Waals surface area contributed by atoms with Crippen LogP contribution in [-0.2, 0) is 12.8 Å². The van der Waals surface area contributed by atoms with Crippen molar-refractivity contribution in [1.82, 2.24) is 0 Å². The summed E-state index contributed by atoms with van der Waals surface area (Å²) in [5.74, 6) is -2.32. The molecule has 0 radical (unpaired) electrons. The molecule has 1 aromatic carbocycles. The Morgan fingerprint density at radius 3 is 2.25 bits per heavy atom. The third-order valence-corrected chi connectivity index (χ3v) is 7.16. The molecule has 0 saturated heterocycles. The van der Waals surface area contributed by atoms with Gasteiger partial charge in [-0.05, 0) is 54.7 Å². The summed E-state index contributed by atoms with van der Waals surface area (Å²) in [5.41, 5.74) is 1.66. The average molecular weight is 459 g/mol. The van der Waals surface area contributed by atoms with Crippen LogP contribution in [0.25, 0.3) is 0 Å². The van der Waals surface area contributed by atoms with Gasteiger partial charge in [-0.25, -0.2) is 8.78 Å². The fraction of sp³-hybridized carbons (Fsp3) is 0.692. The molecule has 6 heteroatoms. The first kappa shape index (κ1) is 25.0. The van der Waals surface area contributed by atoms with E-state index in [1.165, 1.54) is 64.2 Å². The monoisotopic (exact) mass is 458 g/mol. The molecule has 0 unspecified atom stereocenters. The Bertz CT molecular complexity index is 775. The highest BCUT2D eigenvalue weighted by Gasteiger charge is 2.35. The van der Waals surface area contributed by atoms with E-state index in [1.54, 1.807) is 0 Å². The van der Waals surface area contributed by atoms with Gasteiger partial charge in [0.05, 0.1) is 0 Å². The molecular formula is C26H35F5O. The van der Waals surface area contributed by atoms with Crippen LogP contribution >= 0.6 is 0 Å². The van der Waals surface area contributed by atoms with Crippen molar-refractivity contribution in [3.05, 3.63) is 40.5 Å². The maximum absolute atomic E-state index is 14.4. The van der Waals surface area contributed by atoms with E-state index in [9.17, 15) is 22.0 Å². The summed E-state index contributed by atoms with van der Waals surface area (Å²) < 4.78 is 69.4. The maximum atomic E-state index is 14.4. The normalized spacial score (nSPS) is 21.2. The van der Waals surface area contributed by atoms with Gasteiger partial charge in [-0.15, -0.1) is 13.2 Å². The molecule has 1 saturated carbocycles. The minimum atomic E-state index is -5.13. The van der Waals surface area contributed by atoms with E-state index >= 15 is 0 Å². The molecule has 1 fully saturated rings. The standard InChI is InChI=1S/C26H35F5O/c1-2-3-4-5-6-7-18-8-10-19(11-9-18)12-13-20-14-15-22-21(16-20)17-23(27)25(24(22)28)32-26(29,30)31/h14,17-19H,2-13,15-16H2,1H3. The summed E-state index contributed by atoms with van der Waals surface area (Å²) in [6.45, 7) is 2.24. The molecular weight excluding hydrogens is 423 g/mol. The highest BCUT2D eigenvalue weighted by molar-refractivity contribution is 5.44. The fourth-order valence-electron chi connectivity index (χ4n) is 5.26. The molecule has 0 aromatic heterocycles. The lowest BCUT2D eigenvalue weighted by atomic mass is 9.77. The van der Waals surface area contributed by atoms with Crippen LogP contribution in [0.15, 0.2) is 17.7 Å². The SMILES string of the molecule is CCCCCCCC1CCC(CCC2=CCc3c(cc(F)c(OC(F)(F)F)c3F)C2)CC1. The van der Waals surface area contributed by atoms with Crippen LogP contribution in [0.2, 0.25) is 0 Å². The van der Waals surface area contributed by atoms with Gasteiger partial charge in [-0.3, -0.25) is 0 Å². The molecule has 0 amide bonds. The molecule has 2 aliphatic rings. The number of hydrogen-bond donors (Lipinski definition) is 0. The van der Waals surface area contributed by atoms with Gasteiger partial charge in [-0.2, -0.15) is 0 Å². The van der Waals surface area contributed by atoms with Crippen LogP contribution < -0.4 is 4.74 Å². The minimum Gasteiger partial charge on any atom is -0.399 e. The van der Waals surface area contributed by atoms with Gasteiger partial charge in [0.25, 0.3) is 0 Å². The highest BCUT2D eigenvalue weighted by Crippen LogP contribution is 2.38. The summed E-state index contributed by atoms with van der Waals surface area (Å²) >= 11 is 0. The van der Waals surface area contributed by atoms with E-state index in [4.69, 9.17) is 0 Å². The van der Waals surface area contributed by atoms with Crippen molar-refractivity contribution < 1.29 is 26.7 Å². The van der Waals surface area contributed by atoms with E-state index in [-0.39, 0.29) is 12.0 Å². The zero-order valence-electron chi connectivity index (χ0n) is 19.0. The molecule has 0 atom stereocenters. The van der Waals surface area contributed by atoms with Crippen LogP contribution in [0.5, 0.6) is 5.75 Å². The molecule has 3 rings (SSSR count). The Hall–Kier alpha value is -1.59. The van der Waals surface area contributed by atoms with Gasteiger partial charge in [0.1, 0.15) is 0 Å². The quantitative estimate of drug-likeness (QED) is 0.193. The van der Waals surface area contributed by atoms with E-state index < -0.39 is 23.7 Å². The first-order chi connectivity index (χ1) is 15.3. The fourth-order valence-corrected chi connectivity index (χ4v) is 5.26. The molecule has 2 aliphatic carbocycles. The third kappa shape index (κ3) is 7.21. The summed E-state index contributed by atoms with van der Waals surface area (Å²) in [6.07, 6.45) is 12.5. The number of rotatable bonds is 10.